The summed E-state index contributed by atoms with van der Waals surface area (Å²) in [6.45, 7) is 6.15. The molecule has 1 atom stereocenters. The van der Waals surface area contributed by atoms with Crippen LogP contribution in [0.5, 0.6) is 0 Å². The van der Waals surface area contributed by atoms with E-state index in [9.17, 15) is 4.39 Å². The molecule has 1 heterocycles. The third-order valence-electron chi connectivity index (χ3n) is 3.75. The first-order chi connectivity index (χ1) is 9.20. The minimum atomic E-state index is -0.340. The highest BCUT2D eigenvalue weighted by Gasteiger charge is 2.22. The summed E-state index contributed by atoms with van der Waals surface area (Å²) in [7, 11) is 0. The lowest BCUT2D eigenvalue weighted by Crippen LogP contribution is -2.44. The number of nitrogens with one attached hydrogen (secondary N) is 1. The molecule has 0 aromatic heterocycles. The molecule has 0 radical (unpaired) electrons. The highest BCUT2D eigenvalue weighted by molar-refractivity contribution is 6.30. The molecule has 19 heavy (non-hydrogen) atoms. The first-order valence-corrected chi connectivity index (χ1v) is 7.47. The summed E-state index contributed by atoms with van der Waals surface area (Å²) in [5.74, 6) is -0.340. The van der Waals surface area contributed by atoms with Crippen LogP contribution in [-0.2, 0) is 6.54 Å². The first kappa shape index (κ1) is 14.8. The van der Waals surface area contributed by atoms with Crippen molar-refractivity contribution in [3.8, 4) is 0 Å². The number of halogens is 2. The Bertz CT molecular complexity index is 411. The topological polar surface area (TPSA) is 15.3 Å². The predicted molar refractivity (Wildman–Crippen MR) is 78.0 cm³/mol. The quantitative estimate of drug-likeness (QED) is 0.891. The number of benzene rings is 1. The summed E-state index contributed by atoms with van der Waals surface area (Å²) < 4.78 is 13.2. The van der Waals surface area contributed by atoms with Crippen molar-refractivity contribution in [1.29, 1.82) is 0 Å². The Balaban J connectivity index is 1.99. The summed E-state index contributed by atoms with van der Waals surface area (Å²) in [6, 6.07) is 5.62. The summed E-state index contributed by atoms with van der Waals surface area (Å²) in [5, 5.41) is 3.65. The summed E-state index contributed by atoms with van der Waals surface area (Å²) in [4.78, 5) is 2.48. The van der Waals surface area contributed by atoms with Crippen LogP contribution in [0.15, 0.2) is 18.2 Å². The molecule has 1 aliphatic rings. The van der Waals surface area contributed by atoms with E-state index in [2.05, 4.69) is 17.1 Å². The SMILES string of the molecule is CCNCC1CCCCN1Cc1ccc(F)c(Cl)c1. The standard InChI is InChI=1S/C15H22ClFN2/c1-2-18-10-13-5-3-4-8-19(13)11-12-6-7-15(17)14(16)9-12/h6-7,9,13,18H,2-5,8,10-11H2,1H3. The van der Waals surface area contributed by atoms with E-state index >= 15 is 0 Å². The van der Waals surface area contributed by atoms with Gasteiger partial charge in [0.15, 0.2) is 0 Å². The molecule has 1 aromatic rings. The van der Waals surface area contributed by atoms with Gasteiger partial charge in [0.1, 0.15) is 5.82 Å². The lowest BCUT2D eigenvalue weighted by molar-refractivity contribution is 0.138. The Morgan fingerprint density at radius 3 is 3.00 bits per heavy atom. The van der Waals surface area contributed by atoms with Gasteiger partial charge in [-0.2, -0.15) is 0 Å². The monoisotopic (exact) mass is 284 g/mol. The first-order valence-electron chi connectivity index (χ1n) is 7.09. The Morgan fingerprint density at radius 2 is 2.26 bits per heavy atom. The zero-order valence-corrected chi connectivity index (χ0v) is 12.2. The fourth-order valence-electron chi connectivity index (χ4n) is 2.68. The van der Waals surface area contributed by atoms with Crippen LogP contribution >= 0.6 is 11.6 Å². The van der Waals surface area contributed by atoms with Crippen LogP contribution in [0.25, 0.3) is 0 Å². The normalized spacial score (nSPS) is 20.7. The Hall–Kier alpha value is -0.640. The Morgan fingerprint density at radius 1 is 1.42 bits per heavy atom. The van der Waals surface area contributed by atoms with Crippen molar-refractivity contribution in [3.05, 3.63) is 34.6 Å². The maximum atomic E-state index is 13.2. The fourth-order valence-corrected chi connectivity index (χ4v) is 2.89. The summed E-state index contributed by atoms with van der Waals surface area (Å²) in [5.41, 5.74) is 1.09. The van der Waals surface area contributed by atoms with Gasteiger partial charge < -0.3 is 5.32 Å². The van der Waals surface area contributed by atoms with Crippen LogP contribution in [0.2, 0.25) is 5.02 Å². The number of hydrogen-bond donors (Lipinski definition) is 1. The predicted octanol–water partition coefficient (Wildman–Crippen LogP) is 3.44. The van der Waals surface area contributed by atoms with Crippen LogP contribution in [-0.4, -0.2) is 30.6 Å². The lowest BCUT2D eigenvalue weighted by atomic mass is 10.0. The second-order valence-corrected chi connectivity index (χ2v) is 5.58. The van der Waals surface area contributed by atoms with Crippen molar-refractivity contribution in [2.75, 3.05) is 19.6 Å². The minimum absolute atomic E-state index is 0.220. The van der Waals surface area contributed by atoms with Gasteiger partial charge in [0, 0.05) is 19.1 Å². The smallest absolute Gasteiger partial charge is 0.141 e. The van der Waals surface area contributed by atoms with Gasteiger partial charge in [-0.3, -0.25) is 4.90 Å². The molecule has 1 aromatic carbocycles. The maximum Gasteiger partial charge on any atom is 0.141 e. The van der Waals surface area contributed by atoms with Crippen molar-refractivity contribution >= 4 is 11.6 Å². The van der Waals surface area contributed by atoms with Gasteiger partial charge in [0.2, 0.25) is 0 Å². The summed E-state index contributed by atoms with van der Waals surface area (Å²) >= 11 is 5.85. The minimum Gasteiger partial charge on any atom is -0.315 e. The summed E-state index contributed by atoms with van der Waals surface area (Å²) in [6.07, 6.45) is 3.79. The largest absolute Gasteiger partial charge is 0.315 e. The van der Waals surface area contributed by atoms with E-state index in [1.807, 2.05) is 6.07 Å². The second kappa shape index (κ2) is 7.22. The van der Waals surface area contributed by atoms with Gasteiger partial charge in [0.05, 0.1) is 5.02 Å². The molecular formula is C15H22ClFN2. The molecule has 0 aliphatic carbocycles. The van der Waals surface area contributed by atoms with Gasteiger partial charge in [-0.1, -0.05) is 31.0 Å². The van der Waals surface area contributed by atoms with E-state index in [0.29, 0.717) is 6.04 Å². The van der Waals surface area contributed by atoms with Crippen LogP contribution < -0.4 is 5.32 Å². The Labute approximate surface area is 119 Å². The molecule has 4 heteroatoms. The number of rotatable bonds is 5. The fraction of sp³-hybridized carbons (Fsp3) is 0.600. The second-order valence-electron chi connectivity index (χ2n) is 5.18. The highest BCUT2D eigenvalue weighted by atomic mass is 35.5. The van der Waals surface area contributed by atoms with Gasteiger partial charge in [-0.25, -0.2) is 4.39 Å². The van der Waals surface area contributed by atoms with Crippen LogP contribution in [0.3, 0.4) is 0 Å². The molecular weight excluding hydrogens is 263 g/mol. The van der Waals surface area contributed by atoms with Crippen LogP contribution in [0, 0.1) is 5.82 Å². The molecule has 106 valence electrons. The highest BCUT2D eigenvalue weighted by Crippen LogP contribution is 2.22. The zero-order chi connectivity index (χ0) is 13.7. The van der Waals surface area contributed by atoms with Crippen molar-refractivity contribution < 1.29 is 4.39 Å². The average Bonchev–Trinajstić information content (AvgIpc) is 2.42. The van der Waals surface area contributed by atoms with Gasteiger partial charge >= 0.3 is 0 Å². The molecule has 0 spiro atoms. The lowest BCUT2D eigenvalue weighted by Gasteiger charge is -2.36. The van der Waals surface area contributed by atoms with E-state index in [-0.39, 0.29) is 10.8 Å². The van der Waals surface area contributed by atoms with Crippen molar-refractivity contribution in [3.63, 3.8) is 0 Å². The van der Waals surface area contributed by atoms with E-state index in [1.165, 1.54) is 25.3 Å². The van der Waals surface area contributed by atoms with Gasteiger partial charge in [0.25, 0.3) is 0 Å². The molecule has 2 nitrogen and oxygen atoms in total. The molecule has 1 unspecified atom stereocenters. The van der Waals surface area contributed by atoms with Crippen molar-refractivity contribution in [2.24, 2.45) is 0 Å². The van der Waals surface area contributed by atoms with Crippen LogP contribution in [0.1, 0.15) is 31.7 Å². The third-order valence-corrected chi connectivity index (χ3v) is 4.04. The number of likely N-dealkylation sites (N-methyl/N-ethyl adjacent to an activating group) is 1. The zero-order valence-electron chi connectivity index (χ0n) is 11.5. The molecule has 1 aliphatic heterocycles. The molecule has 0 amide bonds. The molecule has 0 bridgehead atoms. The average molecular weight is 285 g/mol. The van der Waals surface area contributed by atoms with Crippen molar-refractivity contribution in [2.45, 2.75) is 38.8 Å². The molecule has 2 rings (SSSR count). The van der Waals surface area contributed by atoms with E-state index < -0.39 is 0 Å². The van der Waals surface area contributed by atoms with E-state index in [1.54, 1.807) is 6.07 Å². The van der Waals surface area contributed by atoms with Crippen molar-refractivity contribution in [1.82, 2.24) is 10.2 Å². The molecule has 0 saturated carbocycles. The van der Waals surface area contributed by atoms with Gasteiger partial charge in [-0.15, -0.1) is 0 Å². The van der Waals surface area contributed by atoms with Gasteiger partial charge in [-0.05, 0) is 43.6 Å². The maximum absolute atomic E-state index is 13.2. The number of nitrogens with zero attached hydrogens (tertiary/aromatic N) is 1. The molecule has 1 N–H and O–H groups in total. The van der Waals surface area contributed by atoms with E-state index in [0.717, 1.165) is 31.7 Å². The number of hydrogen-bond acceptors (Lipinski definition) is 2. The van der Waals surface area contributed by atoms with Crippen LogP contribution in [0.4, 0.5) is 4.39 Å². The number of likely N-dealkylation sites (tertiary alicyclic amines) is 1. The third kappa shape index (κ3) is 4.16. The number of piperidine rings is 1. The Kier molecular flexibility index (Phi) is 5.61. The van der Waals surface area contributed by atoms with E-state index in [4.69, 9.17) is 11.6 Å². The molecule has 1 saturated heterocycles. The molecule has 1 fully saturated rings.